The molecule has 0 fully saturated rings. The zero-order valence-electron chi connectivity index (χ0n) is 2.69. The van der Waals surface area contributed by atoms with Crippen LogP contribution in [0, 0.1) is 0 Å². The average Bonchev–Trinajstić information content (AvgIpc) is 1.38. The van der Waals surface area contributed by atoms with Crippen LogP contribution in [0.5, 0.6) is 0 Å². The molecule has 1 atom stereocenters. The third kappa shape index (κ3) is 4.65. The van der Waals surface area contributed by atoms with Crippen molar-refractivity contribution in [3.8, 4) is 0 Å². The number of halogens is 1. The predicted octanol–water partition coefficient (Wildman–Crippen LogP) is -0.301. The van der Waals surface area contributed by atoms with E-state index < -0.39 is 6.23 Å². The molecule has 0 amide bonds. The first kappa shape index (κ1) is 5.65. The molecule has 0 spiro atoms. The maximum atomic E-state index is 8.13. The lowest BCUT2D eigenvalue weighted by Crippen LogP contribution is -2.19. The molecule has 0 radical (unpaired) electrons. The Balaban J connectivity index is 2.54. The van der Waals surface area contributed by atoms with Crippen LogP contribution in [0.2, 0.25) is 0 Å². The van der Waals surface area contributed by atoms with E-state index in [1.807, 2.05) is 22.6 Å². The molecule has 0 aromatic heterocycles. The van der Waals surface area contributed by atoms with Crippen LogP contribution in [0.1, 0.15) is 0 Å². The van der Waals surface area contributed by atoms with E-state index in [0.717, 1.165) is 0 Å². The maximum absolute atomic E-state index is 8.13. The Kier molecular flexibility index (Phi) is 3.24. The number of hydrogen-bond donors (Lipinski definition) is 2. The minimum atomic E-state index is -0.629. The lowest BCUT2D eigenvalue weighted by Gasteiger charge is -1.90. The van der Waals surface area contributed by atoms with Crippen molar-refractivity contribution < 1.29 is 5.11 Å². The molecule has 0 rings (SSSR count). The van der Waals surface area contributed by atoms with Gasteiger partial charge in [-0.15, -0.1) is 0 Å². The van der Waals surface area contributed by atoms with Crippen molar-refractivity contribution in [2.45, 2.75) is 6.23 Å². The van der Waals surface area contributed by atoms with Crippen molar-refractivity contribution in [1.82, 2.24) is 0 Å². The lowest BCUT2D eigenvalue weighted by atomic mass is 10.7. The van der Waals surface area contributed by atoms with Gasteiger partial charge in [-0.3, -0.25) is 0 Å². The Labute approximate surface area is 44.5 Å². The van der Waals surface area contributed by atoms with Crippen molar-refractivity contribution in [2.75, 3.05) is 4.43 Å². The highest BCUT2D eigenvalue weighted by atomic mass is 127. The largest absolute Gasteiger partial charge is 0.378 e. The summed E-state index contributed by atoms with van der Waals surface area (Å²) in [6, 6.07) is 0. The lowest BCUT2D eigenvalue weighted by molar-refractivity contribution is 0.211. The fourth-order valence-electron chi connectivity index (χ4n) is 0. The number of alkyl halides is 1. The van der Waals surface area contributed by atoms with Gasteiger partial charge >= 0.3 is 0 Å². The normalized spacial score (nSPS) is 15.0. The van der Waals surface area contributed by atoms with Gasteiger partial charge in [-0.2, -0.15) is 0 Å². The van der Waals surface area contributed by atoms with E-state index in [1.165, 1.54) is 0 Å². The third-order valence-corrected chi connectivity index (χ3v) is 1.06. The van der Waals surface area contributed by atoms with E-state index in [9.17, 15) is 0 Å². The van der Waals surface area contributed by atoms with Crippen LogP contribution in [-0.4, -0.2) is 15.8 Å². The van der Waals surface area contributed by atoms with Gasteiger partial charge in [-0.05, 0) is 0 Å². The van der Waals surface area contributed by atoms with Gasteiger partial charge in [0.1, 0.15) is 6.23 Å². The summed E-state index contributed by atoms with van der Waals surface area (Å²) in [5.74, 6) is 0. The molecular formula is C2H6INO. The molecule has 32 valence electrons. The first-order valence-electron chi connectivity index (χ1n) is 1.27. The van der Waals surface area contributed by atoms with E-state index >= 15 is 0 Å². The zero-order chi connectivity index (χ0) is 4.28. The van der Waals surface area contributed by atoms with Crippen LogP contribution in [0.25, 0.3) is 0 Å². The predicted molar refractivity (Wildman–Crippen MR) is 29.1 cm³/mol. The van der Waals surface area contributed by atoms with E-state index in [1.54, 1.807) is 0 Å². The van der Waals surface area contributed by atoms with Gasteiger partial charge in [0, 0.05) is 4.43 Å². The SMILES string of the molecule is N[C@H](O)CI. The van der Waals surface area contributed by atoms with Gasteiger partial charge in [0.2, 0.25) is 0 Å². The second kappa shape index (κ2) is 2.87. The summed E-state index contributed by atoms with van der Waals surface area (Å²) in [5, 5.41) is 8.13. The number of hydrogen-bond acceptors (Lipinski definition) is 2. The fraction of sp³-hybridized carbons (Fsp3) is 1.00. The summed E-state index contributed by atoms with van der Waals surface area (Å²) in [7, 11) is 0. The number of aliphatic hydroxyl groups is 1. The summed E-state index contributed by atoms with van der Waals surface area (Å²) in [5.41, 5.74) is 4.84. The van der Waals surface area contributed by atoms with Gasteiger partial charge in [-0.1, -0.05) is 22.6 Å². The van der Waals surface area contributed by atoms with E-state index in [2.05, 4.69) is 0 Å². The van der Waals surface area contributed by atoms with Crippen LogP contribution in [0.15, 0.2) is 0 Å². The Morgan fingerprint density at radius 1 is 2.00 bits per heavy atom. The van der Waals surface area contributed by atoms with Gasteiger partial charge in [0.05, 0.1) is 0 Å². The Bertz CT molecular complexity index is 23.6. The molecule has 0 saturated heterocycles. The highest BCUT2D eigenvalue weighted by Crippen LogP contribution is 1.78. The third-order valence-electron chi connectivity index (χ3n) is 0.158. The smallest absolute Gasteiger partial charge is 0.111 e. The molecule has 5 heavy (non-hydrogen) atoms. The molecule has 0 unspecified atom stereocenters. The number of nitrogens with two attached hydrogens (primary N) is 1. The molecule has 0 aliphatic carbocycles. The molecule has 2 nitrogen and oxygen atoms in total. The molecule has 0 heterocycles. The van der Waals surface area contributed by atoms with Gasteiger partial charge in [0.15, 0.2) is 0 Å². The van der Waals surface area contributed by atoms with Crippen molar-refractivity contribution in [2.24, 2.45) is 5.73 Å². The van der Waals surface area contributed by atoms with Crippen molar-refractivity contribution in [1.29, 1.82) is 0 Å². The molecule has 3 N–H and O–H groups in total. The summed E-state index contributed by atoms with van der Waals surface area (Å²) in [4.78, 5) is 0. The molecule has 0 aliphatic rings. The molecule has 3 heteroatoms. The Morgan fingerprint density at radius 2 is 2.20 bits per heavy atom. The van der Waals surface area contributed by atoms with Crippen molar-refractivity contribution >= 4 is 22.6 Å². The fourth-order valence-corrected chi connectivity index (χ4v) is 0. The molecule has 0 aromatic rings. The quantitative estimate of drug-likeness (QED) is 0.336. The highest BCUT2D eigenvalue weighted by molar-refractivity contribution is 14.1. The summed E-state index contributed by atoms with van der Waals surface area (Å²) in [6.07, 6.45) is -0.629. The molecular weight excluding hydrogens is 181 g/mol. The molecule has 0 bridgehead atoms. The van der Waals surface area contributed by atoms with Gasteiger partial charge in [-0.25, -0.2) is 0 Å². The first-order valence-corrected chi connectivity index (χ1v) is 2.79. The summed E-state index contributed by atoms with van der Waals surface area (Å²) >= 11 is 2.00. The van der Waals surface area contributed by atoms with Crippen LogP contribution in [-0.2, 0) is 0 Å². The van der Waals surface area contributed by atoms with Crippen molar-refractivity contribution in [3.63, 3.8) is 0 Å². The Morgan fingerprint density at radius 3 is 2.20 bits per heavy atom. The number of aliphatic hydroxyl groups excluding tert-OH is 1. The summed E-state index contributed by atoms with van der Waals surface area (Å²) in [6.45, 7) is 0. The molecule has 0 saturated carbocycles. The monoisotopic (exact) mass is 187 g/mol. The highest BCUT2D eigenvalue weighted by Gasteiger charge is 1.83. The topological polar surface area (TPSA) is 46.2 Å². The maximum Gasteiger partial charge on any atom is 0.111 e. The first-order chi connectivity index (χ1) is 2.27. The van der Waals surface area contributed by atoms with Crippen LogP contribution in [0.3, 0.4) is 0 Å². The number of rotatable bonds is 1. The standard InChI is InChI=1S/C2H6INO/c3-1-2(4)5/h2,5H,1,4H2/t2-/m1/s1. The van der Waals surface area contributed by atoms with E-state index in [-0.39, 0.29) is 0 Å². The zero-order valence-corrected chi connectivity index (χ0v) is 4.84. The van der Waals surface area contributed by atoms with E-state index in [4.69, 9.17) is 10.8 Å². The molecule has 0 aliphatic heterocycles. The second-order valence-electron chi connectivity index (χ2n) is 0.722. The van der Waals surface area contributed by atoms with Gasteiger partial charge < -0.3 is 10.8 Å². The van der Waals surface area contributed by atoms with Gasteiger partial charge in [0.25, 0.3) is 0 Å². The Hall–Kier alpha value is 0.650. The summed E-state index contributed by atoms with van der Waals surface area (Å²) < 4.78 is 0.609. The second-order valence-corrected chi connectivity index (χ2v) is 1.60. The minimum Gasteiger partial charge on any atom is -0.378 e. The van der Waals surface area contributed by atoms with Crippen LogP contribution < -0.4 is 5.73 Å². The average molecular weight is 187 g/mol. The van der Waals surface area contributed by atoms with Crippen LogP contribution >= 0.6 is 22.6 Å². The minimum absolute atomic E-state index is 0.609. The molecule has 0 aromatic carbocycles. The van der Waals surface area contributed by atoms with E-state index in [0.29, 0.717) is 4.43 Å². The van der Waals surface area contributed by atoms with Crippen LogP contribution in [0.4, 0.5) is 0 Å². The van der Waals surface area contributed by atoms with Crippen molar-refractivity contribution in [3.05, 3.63) is 0 Å².